The van der Waals surface area contributed by atoms with E-state index in [0.29, 0.717) is 18.7 Å². The molecule has 1 fully saturated rings. The van der Waals surface area contributed by atoms with Crippen LogP contribution in [0.1, 0.15) is 48.0 Å². The molecule has 186 valence electrons. The van der Waals surface area contributed by atoms with Gasteiger partial charge in [0.1, 0.15) is 0 Å². The van der Waals surface area contributed by atoms with Crippen LogP contribution in [0.4, 0.5) is 0 Å². The van der Waals surface area contributed by atoms with Gasteiger partial charge in [0.05, 0.1) is 22.7 Å². The average Bonchev–Trinajstić information content (AvgIpc) is 2.88. The predicted molar refractivity (Wildman–Crippen MR) is 137 cm³/mol. The monoisotopic (exact) mass is 513 g/mol. The van der Waals surface area contributed by atoms with Crippen LogP contribution >= 0.6 is 0 Å². The molecule has 1 saturated heterocycles. The maximum atomic E-state index is 13.2. The highest BCUT2D eigenvalue weighted by atomic mass is 32.2. The number of nitrogens with zero attached hydrogens (tertiary/aromatic N) is 1. The molecule has 3 N–H and O–H groups in total. The van der Waals surface area contributed by atoms with Crippen molar-refractivity contribution in [3.05, 3.63) is 102 Å². The molecule has 3 aromatic carbocycles. The van der Waals surface area contributed by atoms with Crippen molar-refractivity contribution in [3.63, 3.8) is 0 Å². The van der Waals surface area contributed by atoms with E-state index >= 15 is 0 Å². The number of piperidine rings is 1. The Morgan fingerprint density at radius 1 is 0.743 bits per heavy atom. The van der Waals surface area contributed by atoms with E-state index in [0.717, 1.165) is 30.4 Å². The lowest BCUT2D eigenvalue weighted by atomic mass is 9.95. The minimum atomic E-state index is -3.79. The smallest absolute Gasteiger partial charge is 0.243 e. The highest BCUT2D eigenvalue weighted by Crippen LogP contribution is 2.28. The summed E-state index contributed by atoms with van der Waals surface area (Å²) in [5.41, 5.74) is 8.58. The molecule has 2 atom stereocenters. The average molecular weight is 514 g/mol. The lowest BCUT2D eigenvalue weighted by Crippen LogP contribution is -2.36. The van der Waals surface area contributed by atoms with Gasteiger partial charge in [0.2, 0.25) is 20.0 Å². The van der Waals surface area contributed by atoms with Crippen molar-refractivity contribution in [2.75, 3.05) is 13.1 Å². The van der Waals surface area contributed by atoms with E-state index in [4.69, 9.17) is 5.73 Å². The van der Waals surface area contributed by atoms with Crippen LogP contribution in [0.15, 0.2) is 89.8 Å². The summed E-state index contributed by atoms with van der Waals surface area (Å²) in [6.07, 6.45) is 2.75. The van der Waals surface area contributed by atoms with Crippen molar-refractivity contribution < 1.29 is 16.8 Å². The Balaban J connectivity index is 1.52. The third kappa shape index (κ3) is 6.36. The van der Waals surface area contributed by atoms with E-state index in [1.165, 1.54) is 16.4 Å². The van der Waals surface area contributed by atoms with E-state index in [2.05, 4.69) is 4.72 Å². The van der Waals surface area contributed by atoms with Gasteiger partial charge in [-0.3, -0.25) is 0 Å². The summed E-state index contributed by atoms with van der Waals surface area (Å²) in [6, 6.07) is 23.4. The summed E-state index contributed by atoms with van der Waals surface area (Å²) in [4.78, 5) is 0.182. The van der Waals surface area contributed by atoms with Crippen LogP contribution in [0.3, 0.4) is 0 Å². The molecular weight excluding hydrogens is 482 g/mol. The van der Waals surface area contributed by atoms with Crippen molar-refractivity contribution >= 4 is 20.0 Å². The van der Waals surface area contributed by atoms with Gasteiger partial charge in [-0.25, -0.2) is 21.6 Å². The molecule has 0 spiro atoms. The van der Waals surface area contributed by atoms with Gasteiger partial charge in [-0.15, -0.1) is 0 Å². The lowest BCUT2D eigenvalue weighted by molar-refractivity contribution is 0.346. The molecule has 1 aliphatic heterocycles. The molecule has 4 rings (SSSR count). The molecule has 0 aromatic heterocycles. The SMILES string of the molecule is NC(c1ccccc1)C(NS(=O)(=O)Cc1ccc(S(=O)(=O)N2CCCCC2)cc1)c1ccccc1. The van der Waals surface area contributed by atoms with Gasteiger partial charge in [0.25, 0.3) is 0 Å². The van der Waals surface area contributed by atoms with Crippen LogP contribution in [-0.4, -0.2) is 34.2 Å². The molecular formula is C26H31N3O4S2. The normalized spacial score (nSPS) is 17.1. The Morgan fingerprint density at radius 3 is 1.86 bits per heavy atom. The van der Waals surface area contributed by atoms with Crippen molar-refractivity contribution in [2.45, 2.75) is 42.0 Å². The van der Waals surface area contributed by atoms with E-state index < -0.39 is 32.1 Å². The fraction of sp³-hybridized carbons (Fsp3) is 0.308. The van der Waals surface area contributed by atoms with Gasteiger partial charge < -0.3 is 5.73 Å². The Morgan fingerprint density at radius 2 is 1.29 bits per heavy atom. The minimum absolute atomic E-state index is 0.182. The second-order valence-electron chi connectivity index (χ2n) is 8.81. The molecule has 0 amide bonds. The van der Waals surface area contributed by atoms with Crippen molar-refractivity contribution in [3.8, 4) is 0 Å². The fourth-order valence-electron chi connectivity index (χ4n) is 4.34. The first-order valence-electron chi connectivity index (χ1n) is 11.7. The predicted octanol–water partition coefficient (Wildman–Crippen LogP) is 3.72. The van der Waals surface area contributed by atoms with Gasteiger partial charge in [0, 0.05) is 13.1 Å². The number of sulfonamides is 2. The van der Waals surface area contributed by atoms with E-state index in [1.54, 1.807) is 12.1 Å². The summed E-state index contributed by atoms with van der Waals surface area (Å²) in [5, 5.41) is 0. The number of nitrogens with one attached hydrogen (secondary N) is 1. The minimum Gasteiger partial charge on any atom is -0.322 e. The standard InChI is InChI=1S/C26H31N3O4S2/c27-25(22-10-4-1-5-11-22)26(23-12-6-2-7-13-23)28-34(30,31)20-21-14-16-24(17-15-21)35(32,33)29-18-8-3-9-19-29/h1-2,4-7,10-17,25-26,28H,3,8-9,18-20,27H2. The quantitative estimate of drug-likeness (QED) is 0.453. The van der Waals surface area contributed by atoms with E-state index in [9.17, 15) is 16.8 Å². The van der Waals surface area contributed by atoms with Gasteiger partial charge in [-0.2, -0.15) is 4.31 Å². The van der Waals surface area contributed by atoms with E-state index in [-0.39, 0.29) is 10.6 Å². The van der Waals surface area contributed by atoms with Gasteiger partial charge in [0.15, 0.2) is 0 Å². The first-order chi connectivity index (χ1) is 16.8. The van der Waals surface area contributed by atoms with Crippen LogP contribution in [0.2, 0.25) is 0 Å². The Kier molecular flexibility index (Phi) is 8.03. The molecule has 1 heterocycles. The molecule has 35 heavy (non-hydrogen) atoms. The fourth-order valence-corrected chi connectivity index (χ4v) is 7.24. The molecule has 2 unspecified atom stereocenters. The summed E-state index contributed by atoms with van der Waals surface area (Å²) in [7, 11) is -7.36. The van der Waals surface area contributed by atoms with Crippen LogP contribution in [-0.2, 0) is 25.8 Å². The van der Waals surface area contributed by atoms with Crippen molar-refractivity contribution in [1.29, 1.82) is 0 Å². The molecule has 0 saturated carbocycles. The van der Waals surface area contributed by atoms with Crippen LogP contribution in [0, 0.1) is 0 Å². The molecule has 0 aliphatic carbocycles. The van der Waals surface area contributed by atoms with Gasteiger partial charge in [-0.1, -0.05) is 79.2 Å². The molecule has 0 radical (unpaired) electrons. The molecule has 0 bridgehead atoms. The second-order valence-corrected chi connectivity index (χ2v) is 12.5. The highest BCUT2D eigenvalue weighted by molar-refractivity contribution is 7.89. The van der Waals surface area contributed by atoms with Crippen LogP contribution < -0.4 is 10.5 Å². The largest absolute Gasteiger partial charge is 0.322 e. The molecule has 7 nitrogen and oxygen atoms in total. The third-order valence-corrected chi connectivity index (χ3v) is 9.48. The summed E-state index contributed by atoms with van der Waals surface area (Å²) >= 11 is 0. The number of hydrogen-bond donors (Lipinski definition) is 2. The first-order valence-corrected chi connectivity index (χ1v) is 14.8. The zero-order chi connectivity index (χ0) is 24.9. The zero-order valence-corrected chi connectivity index (χ0v) is 21.1. The van der Waals surface area contributed by atoms with Crippen molar-refractivity contribution in [2.24, 2.45) is 5.73 Å². The molecule has 3 aromatic rings. The number of rotatable bonds is 9. The van der Waals surface area contributed by atoms with Crippen LogP contribution in [0.25, 0.3) is 0 Å². The van der Waals surface area contributed by atoms with E-state index in [1.807, 2.05) is 60.7 Å². The highest BCUT2D eigenvalue weighted by Gasteiger charge is 2.28. The zero-order valence-electron chi connectivity index (χ0n) is 19.5. The maximum absolute atomic E-state index is 13.2. The van der Waals surface area contributed by atoms with Crippen molar-refractivity contribution in [1.82, 2.24) is 9.03 Å². The number of nitrogens with two attached hydrogens (primary N) is 1. The lowest BCUT2D eigenvalue weighted by Gasteiger charge is -2.26. The number of benzene rings is 3. The third-order valence-electron chi connectivity index (χ3n) is 6.24. The topological polar surface area (TPSA) is 110 Å². The Bertz CT molecular complexity index is 1310. The van der Waals surface area contributed by atoms with Gasteiger partial charge in [-0.05, 0) is 41.7 Å². The Hall–Kier alpha value is -2.56. The summed E-state index contributed by atoms with van der Waals surface area (Å²) in [6.45, 7) is 1.04. The van der Waals surface area contributed by atoms with Crippen LogP contribution in [0.5, 0.6) is 0 Å². The summed E-state index contributed by atoms with van der Waals surface area (Å²) < 4.78 is 56.3. The number of hydrogen-bond acceptors (Lipinski definition) is 5. The second kappa shape index (κ2) is 11.0. The molecule has 1 aliphatic rings. The maximum Gasteiger partial charge on any atom is 0.243 e. The summed E-state index contributed by atoms with van der Waals surface area (Å²) in [5.74, 6) is -0.290. The molecule has 9 heteroatoms. The Labute approximate surface area is 208 Å². The van der Waals surface area contributed by atoms with Gasteiger partial charge >= 0.3 is 0 Å². The first kappa shape index (κ1) is 25.5.